The molecule has 0 saturated heterocycles. The number of benzene rings is 1. The first-order valence-corrected chi connectivity index (χ1v) is 8.10. The Kier molecular flexibility index (Phi) is 3.49. The van der Waals surface area contributed by atoms with Gasteiger partial charge in [-0.25, -0.2) is 9.18 Å². The van der Waals surface area contributed by atoms with Crippen LogP contribution in [0.15, 0.2) is 40.7 Å². The minimum absolute atomic E-state index is 0.0209. The van der Waals surface area contributed by atoms with Gasteiger partial charge in [0.15, 0.2) is 5.78 Å². The molecule has 1 aromatic rings. The second kappa shape index (κ2) is 5.41. The van der Waals surface area contributed by atoms with Gasteiger partial charge in [-0.1, -0.05) is 6.07 Å². The van der Waals surface area contributed by atoms with Crippen LogP contribution in [0.1, 0.15) is 11.5 Å². The summed E-state index contributed by atoms with van der Waals surface area (Å²) in [5.74, 6) is -1.49. The van der Waals surface area contributed by atoms with Crippen LogP contribution in [0.3, 0.4) is 0 Å². The van der Waals surface area contributed by atoms with Gasteiger partial charge < -0.3 is 14.8 Å². The lowest BCUT2D eigenvalue weighted by molar-refractivity contribution is -0.136. The standard InChI is InChI=1S/C16H11FINO4/c17-8-2-1-7(3-9(8)18)13-14-10(4-22-6-12(14)20)19-11-5-23-16(21)15(11)13/h1-3,13,19H,4-6H2/t13-/m0/s1/i18-2. The Morgan fingerprint density at radius 2 is 1.91 bits per heavy atom. The van der Waals surface area contributed by atoms with Crippen LogP contribution < -0.4 is 5.32 Å². The van der Waals surface area contributed by atoms with Gasteiger partial charge in [0.25, 0.3) is 0 Å². The highest BCUT2D eigenvalue weighted by molar-refractivity contribution is 14.1. The molecule has 0 saturated carbocycles. The maximum atomic E-state index is 13.6. The van der Waals surface area contributed by atoms with Crippen LogP contribution in [-0.2, 0) is 19.1 Å². The largest absolute Gasteiger partial charge is 0.456 e. The second-order valence-corrected chi connectivity index (χ2v) is 6.67. The number of Topliss-reactive ketones (excluding diaryl/α,β-unsaturated/α-hetero) is 1. The average Bonchev–Trinajstić information content (AvgIpc) is 2.90. The number of nitrogens with one attached hydrogen (secondary N) is 1. The fourth-order valence-electron chi connectivity index (χ4n) is 3.17. The van der Waals surface area contributed by atoms with Gasteiger partial charge in [-0.15, -0.1) is 0 Å². The van der Waals surface area contributed by atoms with Gasteiger partial charge in [-0.3, -0.25) is 4.79 Å². The molecule has 23 heavy (non-hydrogen) atoms. The highest BCUT2D eigenvalue weighted by Gasteiger charge is 2.43. The topological polar surface area (TPSA) is 64.6 Å². The van der Waals surface area contributed by atoms with Gasteiger partial charge in [-0.05, 0) is 40.3 Å². The normalized spacial score (nSPS) is 23.5. The number of halogens is 2. The number of rotatable bonds is 1. The predicted molar refractivity (Wildman–Crippen MR) is 85.8 cm³/mol. The van der Waals surface area contributed by atoms with Crippen LogP contribution >= 0.6 is 22.6 Å². The maximum absolute atomic E-state index is 13.6. The first kappa shape index (κ1) is 14.8. The van der Waals surface area contributed by atoms with E-state index in [0.717, 1.165) is 0 Å². The quantitative estimate of drug-likeness (QED) is 0.549. The van der Waals surface area contributed by atoms with Crippen molar-refractivity contribution < 1.29 is 23.5 Å². The molecule has 1 atom stereocenters. The Bertz CT molecular complexity index is 814. The van der Waals surface area contributed by atoms with Crippen LogP contribution in [0.4, 0.5) is 4.39 Å². The fraction of sp³-hybridized carbons (Fsp3) is 0.250. The summed E-state index contributed by atoms with van der Waals surface area (Å²) in [7, 11) is 0. The summed E-state index contributed by atoms with van der Waals surface area (Å²) in [6, 6.07) is 4.62. The Morgan fingerprint density at radius 1 is 1.13 bits per heavy atom. The summed E-state index contributed by atoms with van der Waals surface area (Å²) in [6.07, 6.45) is 0. The van der Waals surface area contributed by atoms with E-state index in [1.165, 1.54) is 6.07 Å². The number of hydrogen-bond donors (Lipinski definition) is 1. The van der Waals surface area contributed by atoms with E-state index < -0.39 is 11.9 Å². The number of ketones is 1. The van der Waals surface area contributed by atoms with E-state index in [1.807, 2.05) is 22.6 Å². The molecule has 0 spiro atoms. The van der Waals surface area contributed by atoms with Crippen molar-refractivity contribution in [1.29, 1.82) is 0 Å². The Labute approximate surface area is 144 Å². The number of esters is 1. The molecule has 7 heteroatoms. The molecule has 1 N–H and O–H groups in total. The summed E-state index contributed by atoms with van der Waals surface area (Å²) in [5, 5.41) is 3.10. The van der Waals surface area contributed by atoms with Crippen LogP contribution in [-0.4, -0.2) is 31.6 Å². The highest BCUT2D eigenvalue weighted by atomic mass is 125. The average molecular weight is 425 g/mol. The monoisotopic (exact) mass is 425 g/mol. The predicted octanol–water partition coefficient (Wildman–Crippen LogP) is 1.78. The SMILES string of the molecule is O=C1COCC2=C1[C@H](c1ccc(F)c([125I])c1)C1=C(COC1=O)N2. The molecule has 0 unspecified atom stereocenters. The Morgan fingerprint density at radius 3 is 2.70 bits per heavy atom. The molecule has 5 nitrogen and oxygen atoms in total. The lowest BCUT2D eigenvalue weighted by atomic mass is 9.78. The van der Waals surface area contributed by atoms with Crippen molar-refractivity contribution in [1.82, 2.24) is 5.32 Å². The molecule has 0 fully saturated rings. The molecular formula is C16H11FINO4. The lowest BCUT2D eigenvalue weighted by Gasteiger charge is -2.31. The third kappa shape index (κ3) is 2.29. The van der Waals surface area contributed by atoms with Gasteiger partial charge in [-0.2, -0.15) is 0 Å². The molecule has 0 radical (unpaired) electrons. The number of ether oxygens (including phenoxy) is 2. The van der Waals surface area contributed by atoms with E-state index in [1.54, 1.807) is 12.1 Å². The van der Waals surface area contributed by atoms with Crippen molar-refractivity contribution in [3.8, 4) is 0 Å². The zero-order chi connectivity index (χ0) is 16.1. The first-order valence-electron chi connectivity index (χ1n) is 7.02. The summed E-state index contributed by atoms with van der Waals surface area (Å²) in [4.78, 5) is 24.5. The summed E-state index contributed by atoms with van der Waals surface area (Å²) >= 11 is 1.90. The maximum Gasteiger partial charge on any atom is 0.337 e. The van der Waals surface area contributed by atoms with Gasteiger partial charge in [0.2, 0.25) is 0 Å². The molecule has 1 aromatic carbocycles. The van der Waals surface area contributed by atoms with E-state index in [2.05, 4.69) is 5.32 Å². The number of hydrogen-bond acceptors (Lipinski definition) is 5. The fourth-order valence-corrected chi connectivity index (χ4v) is 3.71. The Hall–Kier alpha value is -1.74. The molecule has 0 aliphatic carbocycles. The number of dihydropyridines is 1. The number of cyclic esters (lactones) is 1. The van der Waals surface area contributed by atoms with Crippen LogP contribution in [0.2, 0.25) is 0 Å². The molecule has 3 aliphatic rings. The molecule has 118 valence electrons. The van der Waals surface area contributed by atoms with E-state index in [9.17, 15) is 14.0 Å². The third-order valence-electron chi connectivity index (χ3n) is 4.15. The zero-order valence-electron chi connectivity index (χ0n) is 11.8. The van der Waals surface area contributed by atoms with E-state index in [4.69, 9.17) is 9.47 Å². The van der Waals surface area contributed by atoms with E-state index in [-0.39, 0.29) is 31.4 Å². The molecule has 0 bridgehead atoms. The molecule has 0 amide bonds. The number of carbonyl (C=O) groups excluding carboxylic acids is 2. The highest BCUT2D eigenvalue weighted by Crippen LogP contribution is 2.42. The van der Waals surface area contributed by atoms with Crippen molar-refractivity contribution in [2.45, 2.75) is 5.92 Å². The van der Waals surface area contributed by atoms with Gasteiger partial charge in [0.05, 0.1) is 17.9 Å². The summed E-state index contributed by atoms with van der Waals surface area (Å²) < 4.78 is 24.4. The minimum Gasteiger partial charge on any atom is -0.456 e. The van der Waals surface area contributed by atoms with Crippen molar-refractivity contribution in [3.63, 3.8) is 0 Å². The van der Waals surface area contributed by atoms with Crippen LogP contribution in [0.25, 0.3) is 0 Å². The van der Waals surface area contributed by atoms with Gasteiger partial charge in [0.1, 0.15) is 19.0 Å². The van der Waals surface area contributed by atoms with Crippen molar-refractivity contribution in [3.05, 3.63) is 55.7 Å². The van der Waals surface area contributed by atoms with Crippen LogP contribution in [0.5, 0.6) is 0 Å². The molecular weight excluding hydrogens is 414 g/mol. The van der Waals surface area contributed by atoms with Crippen molar-refractivity contribution in [2.24, 2.45) is 0 Å². The lowest BCUT2D eigenvalue weighted by Crippen LogP contribution is -2.37. The molecule has 3 heterocycles. The first-order chi connectivity index (χ1) is 11.1. The smallest absolute Gasteiger partial charge is 0.337 e. The molecule has 4 rings (SSSR count). The van der Waals surface area contributed by atoms with Crippen molar-refractivity contribution in [2.75, 3.05) is 19.8 Å². The summed E-state index contributed by atoms with van der Waals surface area (Å²) in [5.41, 5.74) is 2.95. The minimum atomic E-state index is -0.540. The second-order valence-electron chi connectivity index (χ2n) is 5.51. The van der Waals surface area contributed by atoms with E-state index >= 15 is 0 Å². The molecule has 0 aromatic heterocycles. The molecule has 3 aliphatic heterocycles. The van der Waals surface area contributed by atoms with Crippen molar-refractivity contribution >= 4 is 34.3 Å². The van der Waals surface area contributed by atoms with Gasteiger partial charge >= 0.3 is 5.97 Å². The Balaban J connectivity index is 1.91. The van der Waals surface area contributed by atoms with E-state index in [0.29, 0.717) is 31.7 Å². The summed E-state index contributed by atoms with van der Waals surface area (Å²) in [6.45, 7) is 0.404. The van der Waals surface area contributed by atoms with Crippen LogP contribution in [0, 0.1) is 9.39 Å². The zero-order valence-corrected chi connectivity index (χ0v) is 14.0. The number of carbonyl (C=O) groups is 2. The third-order valence-corrected chi connectivity index (χ3v) is 4.98. The van der Waals surface area contributed by atoms with Gasteiger partial charge in [0, 0.05) is 20.8 Å².